The van der Waals surface area contributed by atoms with Gasteiger partial charge in [0, 0.05) is 42.9 Å². The van der Waals surface area contributed by atoms with E-state index in [4.69, 9.17) is 9.97 Å². The highest BCUT2D eigenvalue weighted by Crippen LogP contribution is 2.33. The Morgan fingerprint density at radius 3 is 1.97 bits per heavy atom. The summed E-state index contributed by atoms with van der Waals surface area (Å²) >= 11 is 0. The Hall–Kier alpha value is -4.05. The molecule has 2 heterocycles. The summed E-state index contributed by atoms with van der Waals surface area (Å²) in [7, 11) is 2.01. The normalized spacial score (nSPS) is 14.7. The summed E-state index contributed by atoms with van der Waals surface area (Å²) in [6, 6.07) is 16.1. The highest BCUT2D eigenvalue weighted by molar-refractivity contribution is 5.98. The smallest absolute Gasteiger partial charge is 0.406 e. The van der Waals surface area contributed by atoms with Crippen LogP contribution in [0.5, 0.6) is 5.75 Å². The average molecular weight is 510 g/mol. The Kier molecular flexibility index (Phi) is 6.51. The van der Waals surface area contributed by atoms with Crippen LogP contribution in [0.1, 0.15) is 10.4 Å². The molecule has 3 aromatic carbocycles. The van der Waals surface area contributed by atoms with Crippen LogP contribution in [0, 0.1) is 5.82 Å². The number of nitrogens with zero attached hydrogens (tertiary/aromatic N) is 4. The van der Waals surface area contributed by atoms with Crippen LogP contribution >= 0.6 is 0 Å². The molecule has 1 saturated heterocycles. The molecule has 4 aromatic rings. The van der Waals surface area contributed by atoms with Crippen molar-refractivity contribution < 1.29 is 27.1 Å². The van der Waals surface area contributed by atoms with Crippen molar-refractivity contribution in [1.82, 2.24) is 19.8 Å². The Bertz CT molecular complexity index is 1430. The molecule has 37 heavy (non-hydrogen) atoms. The van der Waals surface area contributed by atoms with E-state index in [9.17, 15) is 22.4 Å². The zero-order chi connectivity index (χ0) is 26.2. The van der Waals surface area contributed by atoms with E-state index in [0.717, 1.165) is 13.1 Å². The van der Waals surface area contributed by atoms with Crippen LogP contribution in [0.15, 0.2) is 66.7 Å². The molecule has 0 radical (unpaired) electrons. The molecule has 0 saturated carbocycles. The van der Waals surface area contributed by atoms with E-state index >= 15 is 0 Å². The van der Waals surface area contributed by atoms with Crippen molar-refractivity contribution in [3.05, 3.63) is 78.1 Å². The maximum Gasteiger partial charge on any atom is 0.573 e. The lowest BCUT2D eigenvalue weighted by atomic mass is 10.0. The van der Waals surface area contributed by atoms with Crippen molar-refractivity contribution in [3.63, 3.8) is 0 Å². The second-order valence-electron chi connectivity index (χ2n) is 8.80. The number of hydrogen-bond donors (Lipinski definition) is 0. The molecule has 10 heteroatoms. The molecule has 0 N–H and O–H groups in total. The summed E-state index contributed by atoms with van der Waals surface area (Å²) in [4.78, 5) is 26.5. The van der Waals surface area contributed by atoms with Crippen molar-refractivity contribution in [3.8, 4) is 28.3 Å². The van der Waals surface area contributed by atoms with E-state index in [-0.39, 0.29) is 11.7 Å². The number of rotatable bonds is 4. The maximum atomic E-state index is 13.6. The van der Waals surface area contributed by atoms with Crippen LogP contribution < -0.4 is 4.74 Å². The fraction of sp³-hybridized carbons (Fsp3) is 0.222. The van der Waals surface area contributed by atoms with E-state index in [0.29, 0.717) is 52.2 Å². The first-order valence-electron chi connectivity index (χ1n) is 11.6. The fourth-order valence-electron chi connectivity index (χ4n) is 4.20. The Morgan fingerprint density at radius 2 is 1.38 bits per heavy atom. The predicted molar refractivity (Wildman–Crippen MR) is 130 cm³/mol. The molecule has 6 nitrogen and oxygen atoms in total. The summed E-state index contributed by atoms with van der Waals surface area (Å²) in [6.07, 6.45) is -4.81. The number of alkyl halides is 3. The van der Waals surface area contributed by atoms with Gasteiger partial charge in [-0.15, -0.1) is 13.2 Å². The van der Waals surface area contributed by atoms with Gasteiger partial charge in [-0.05, 0) is 73.8 Å². The topological polar surface area (TPSA) is 58.6 Å². The third kappa shape index (κ3) is 5.54. The van der Waals surface area contributed by atoms with Crippen LogP contribution in [-0.4, -0.2) is 65.3 Å². The zero-order valence-electron chi connectivity index (χ0n) is 19.8. The fourth-order valence-corrected chi connectivity index (χ4v) is 4.20. The Balaban J connectivity index is 1.57. The summed E-state index contributed by atoms with van der Waals surface area (Å²) in [5.74, 6) is -0.886. The minimum Gasteiger partial charge on any atom is -0.406 e. The standard InChI is InChI=1S/C27H22F4N4O2/c1-34-12-14-35(15-13-34)26(36)19-6-11-22-23(16-19)33-25(24(32-22)17-2-7-20(28)8-3-17)18-4-9-21(10-5-18)37-27(29,30)31/h2-11,16H,12-15H2,1H3. The number of likely N-dealkylation sites (N-methyl/N-ethyl adjacent to an activating group) is 1. The van der Waals surface area contributed by atoms with Crippen molar-refractivity contribution in [1.29, 1.82) is 0 Å². The number of ether oxygens (including phenoxy) is 1. The molecular formula is C27H22F4N4O2. The predicted octanol–water partition coefficient (Wildman–Crippen LogP) is 5.39. The van der Waals surface area contributed by atoms with E-state index in [2.05, 4.69) is 9.64 Å². The van der Waals surface area contributed by atoms with E-state index in [1.165, 1.54) is 36.4 Å². The molecule has 0 aliphatic carbocycles. The zero-order valence-corrected chi connectivity index (χ0v) is 19.8. The molecule has 0 atom stereocenters. The molecular weight excluding hydrogens is 488 g/mol. The second kappa shape index (κ2) is 9.78. The first-order valence-corrected chi connectivity index (χ1v) is 11.6. The van der Waals surface area contributed by atoms with Gasteiger partial charge < -0.3 is 14.5 Å². The van der Waals surface area contributed by atoms with Gasteiger partial charge in [-0.2, -0.15) is 0 Å². The molecule has 0 unspecified atom stereocenters. The minimum absolute atomic E-state index is 0.102. The number of hydrogen-bond acceptors (Lipinski definition) is 5. The highest BCUT2D eigenvalue weighted by atomic mass is 19.4. The molecule has 0 spiro atoms. The number of carbonyl (C=O) groups excluding carboxylic acids is 1. The molecule has 1 aromatic heterocycles. The number of aromatic nitrogens is 2. The van der Waals surface area contributed by atoms with Gasteiger partial charge in [-0.25, -0.2) is 14.4 Å². The molecule has 1 aliphatic heterocycles. The monoisotopic (exact) mass is 510 g/mol. The largest absolute Gasteiger partial charge is 0.573 e. The summed E-state index contributed by atoms with van der Waals surface area (Å²) in [5.41, 5.74) is 3.32. The highest BCUT2D eigenvalue weighted by Gasteiger charge is 2.31. The van der Waals surface area contributed by atoms with Crippen LogP contribution in [-0.2, 0) is 0 Å². The molecule has 190 valence electrons. The number of halogens is 4. The first kappa shape index (κ1) is 24.6. The lowest BCUT2D eigenvalue weighted by Crippen LogP contribution is -2.47. The van der Waals surface area contributed by atoms with Gasteiger partial charge >= 0.3 is 6.36 Å². The second-order valence-corrected chi connectivity index (χ2v) is 8.80. The van der Waals surface area contributed by atoms with Crippen LogP contribution in [0.25, 0.3) is 33.5 Å². The van der Waals surface area contributed by atoms with Crippen molar-refractivity contribution in [2.24, 2.45) is 0 Å². The quantitative estimate of drug-likeness (QED) is 0.345. The van der Waals surface area contributed by atoms with Gasteiger partial charge in [0.25, 0.3) is 5.91 Å². The Labute approximate surface area is 210 Å². The molecule has 5 rings (SSSR count). The molecule has 1 aliphatic rings. The lowest BCUT2D eigenvalue weighted by Gasteiger charge is -2.32. The van der Waals surface area contributed by atoms with Crippen LogP contribution in [0.3, 0.4) is 0 Å². The minimum atomic E-state index is -4.81. The SMILES string of the molecule is CN1CCN(C(=O)c2ccc3nc(-c4ccc(F)cc4)c(-c4ccc(OC(F)(F)F)cc4)nc3c2)CC1. The number of benzene rings is 3. The third-order valence-corrected chi connectivity index (χ3v) is 6.18. The lowest BCUT2D eigenvalue weighted by molar-refractivity contribution is -0.274. The van der Waals surface area contributed by atoms with Crippen molar-refractivity contribution in [2.75, 3.05) is 33.2 Å². The van der Waals surface area contributed by atoms with E-state index in [1.54, 1.807) is 35.2 Å². The van der Waals surface area contributed by atoms with Crippen LogP contribution in [0.4, 0.5) is 17.6 Å². The number of fused-ring (bicyclic) bond motifs is 1. The van der Waals surface area contributed by atoms with Crippen LogP contribution in [0.2, 0.25) is 0 Å². The van der Waals surface area contributed by atoms with Gasteiger partial charge in [0.15, 0.2) is 0 Å². The molecule has 0 bridgehead atoms. The number of piperazine rings is 1. The first-order chi connectivity index (χ1) is 17.7. The summed E-state index contributed by atoms with van der Waals surface area (Å²) in [6.45, 7) is 2.83. The van der Waals surface area contributed by atoms with Gasteiger partial charge in [0.05, 0.1) is 22.4 Å². The maximum absolute atomic E-state index is 13.6. The number of carbonyl (C=O) groups is 1. The average Bonchev–Trinajstić information content (AvgIpc) is 2.88. The van der Waals surface area contributed by atoms with Gasteiger partial charge in [0.1, 0.15) is 11.6 Å². The molecule has 1 fully saturated rings. The van der Waals surface area contributed by atoms with E-state index in [1.807, 2.05) is 7.05 Å². The summed E-state index contributed by atoms with van der Waals surface area (Å²) in [5, 5.41) is 0. The van der Waals surface area contributed by atoms with Gasteiger partial charge in [-0.3, -0.25) is 4.79 Å². The number of amides is 1. The Morgan fingerprint density at radius 1 is 0.811 bits per heavy atom. The third-order valence-electron chi connectivity index (χ3n) is 6.18. The van der Waals surface area contributed by atoms with Crippen molar-refractivity contribution in [2.45, 2.75) is 6.36 Å². The van der Waals surface area contributed by atoms with Gasteiger partial charge in [0.2, 0.25) is 0 Å². The van der Waals surface area contributed by atoms with Gasteiger partial charge in [-0.1, -0.05) is 0 Å². The van der Waals surface area contributed by atoms with E-state index < -0.39 is 12.2 Å². The van der Waals surface area contributed by atoms with Crippen molar-refractivity contribution >= 4 is 16.9 Å². The molecule has 1 amide bonds. The summed E-state index contributed by atoms with van der Waals surface area (Å²) < 4.78 is 55.4.